The molecular weight excluding hydrogens is 436 g/mol. The molecule has 0 aliphatic carbocycles. The number of hydrogen-bond acceptors (Lipinski definition) is 1. The van der Waals surface area contributed by atoms with Crippen LogP contribution >= 0.6 is 0 Å². The van der Waals surface area contributed by atoms with Gasteiger partial charge in [-0.1, -0.05) is 103 Å². The predicted molar refractivity (Wildman–Crippen MR) is 152 cm³/mol. The van der Waals surface area contributed by atoms with Gasteiger partial charge >= 0.3 is 0 Å². The zero-order valence-electron chi connectivity index (χ0n) is 24.6. The van der Waals surface area contributed by atoms with Crippen molar-refractivity contribution >= 4 is 32.6 Å². The second kappa shape index (κ2) is 8.21. The highest BCUT2D eigenvalue weighted by Gasteiger charge is 2.16. The molecule has 0 spiro atoms. The molecule has 1 heterocycles. The number of fused-ring (bicyclic) bond motifs is 3. The van der Waals surface area contributed by atoms with Crippen molar-refractivity contribution in [2.75, 3.05) is 0 Å². The molecule has 1 aromatic heterocycles. The van der Waals surface area contributed by atoms with Crippen molar-refractivity contribution in [2.24, 2.45) is 0 Å². The number of imidazole rings is 1. The Morgan fingerprint density at radius 2 is 1.11 bits per heavy atom. The van der Waals surface area contributed by atoms with Crippen LogP contribution in [0.3, 0.4) is 0 Å². The lowest BCUT2D eigenvalue weighted by Gasteiger charge is -2.18. The summed E-state index contributed by atoms with van der Waals surface area (Å²) in [6.45, 7) is 2.01. The number of aromatic nitrogens is 2. The van der Waals surface area contributed by atoms with Gasteiger partial charge in [-0.25, -0.2) is 4.98 Å². The molecule has 0 fully saturated rings. The van der Waals surface area contributed by atoms with Crippen molar-refractivity contribution in [3.8, 4) is 27.9 Å². The SMILES string of the molecule is [2H]c1c([2H])c([2H])c(-c2c3ccccc3c(-c3ccc(-n4c(C)nc5ccccc54)cc3)c3ccccc23)c([2H])c1[2H]. The molecule has 2 nitrogen and oxygen atoms in total. The van der Waals surface area contributed by atoms with Gasteiger partial charge < -0.3 is 0 Å². The second-order valence-corrected chi connectivity index (χ2v) is 8.87. The van der Waals surface area contributed by atoms with Crippen LogP contribution in [-0.2, 0) is 0 Å². The zero-order valence-corrected chi connectivity index (χ0v) is 19.6. The van der Waals surface area contributed by atoms with Gasteiger partial charge in [0.1, 0.15) is 5.82 Å². The lowest BCUT2D eigenvalue weighted by Crippen LogP contribution is -1.97. The smallest absolute Gasteiger partial charge is 0.111 e. The highest BCUT2D eigenvalue weighted by molar-refractivity contribution is 6.21. The topological polar surface area (TPSA) is 17.8 Å². The van der Waals surface area contributed by atoms with Gasteiger partial charge in [-0.3, -0.25) is 4.57 Å². The largest absolute Gasteiger partial charge is 0.297 e. The van der Waals surface area contributed by atoms with Crippen molar-refractivity contribution in [1.82, 2.24) is 9.55 Å². The fourth-order valence-corrected chi connectivity index (χ4v) is 5.33. The maximum atomic E-state index is 8.73. The van der Waals surface area contributed by atoms with Crippen LogP contribution in [0.2, 0.25) is 0 Å². The predicted octanol–water partition coefficient (Wildman–Crippen LogP) is 8.97. The zero-order chi connectivity index (χ0) is 28.4. The van der Waals surface area contributed by atoms with E-state index in [1.165, 1.54) is 0 Å². The van der Waals surface area contributed by atoms with Gasteiger partial charge in [0.25, 0.3) is 0 Å². The summed E-state index contributed by atoms with van der Waals surface area (Å²) in [5.74, 6) is 0.915. The molecule has 6 aromatic carbocycles. The molecular formula is C34H24N2. The number of rotatable bonds is 3. The Balaban J connectivity index is 1.51. The first kappa shape index (κ1) is 16.1. The van der Waals surface area contributed by atoms with Crippen LogP contribution in [0.4, 0.5) is 0 Å². The Morgan fingerprint density at radius 1 is 0.583 bits per heavy atom. The quantitative estimate of drug-likeness (QED) is 0.238. The van der Waals surface area contributed by atoms with E-state index in [4.69, 9.17) is 11.8 Å². The Labute approximate surface area is 217 Å². The molecule has 0 amide bonds. The van der Waals surface area contributed by atoms with E-state index in [9.17, 15) is 0 Å². The Hall–Kier alpha value is -4.69. The van der Waals surface area contributed by atoms with Crippen LogP contribution in [-0.4, -0.2) is 9.55 Å². The van der Waals surface area contributed by atoms with Gasteiger partial charge in [0, 0.05) is 5.69 Å². The number of hydrogen-bond donors (Lipinski definition) is 0. The fourth-order valence-electron chi connectivity index (χ4n) is 5.33. The van der Waals surface area contributed by atoms with Crippen LogP contribution in [0.25, 0.3) is 60.5 Å². The lowest BCUT2D eigenvalue weighted by molar-refractivity contribution is 1.00. The fraction of sp³-hybridized carbons (Fsp3) is 0.0294. The van der Waals surface area contributed by atoms with Gasteiger partial charge in [-0.15, -0.1) is 0 Å². The molecule has 0 saturated carbocycles. The summed E-state index contributed by atoms with van der Waals surface area (Å²) in [4.78, 5) is 4.72. The number of benzene rings is 6. The van der Waals surface area contributed by atoms with Gasteiger partial charge in [-0.05, 0) is 75.0 Å². The van der Waals surface area contributed by atoms with Crippen LogP contribution < -0.4 is 0 Å². The Morgan fingerprint density at radius 3 is 1.72 bits per heavy atom. The van der Waals surface area contributed by atoms with Gasteiger partial charge in [0.15, 0.2) is 0 Å². The molecule has 2 heteroatoms. The molecule has 0 unspecified atom stereocenters. The maximum Gasteiger partial charge on any atom is 0.111 e. The molecule has 7 rings (SSSR count). The average Bonchev–Trinajstić information content (AvgIpc) is 3.34. The minimum absolute atomic E-state index is 0.202. The third-order valence-corrected chi connectivity index (χ3v) is 6.82. The van der Waals surface area contributed by atoms with Gasteiger partial charge in [0.2, 0.25) is 0 Å². The first-order valence-electron chi connectivity index (χ1n) is 14.4. The average molecular weight is 466 g/mol. The van der Waals surface area contributed by atoms with Crippen molar-refractivity contribution in [2.45, 2.75) is 6.92 Å². The molecule has 0 saturated heterocycles. The summed E-state index contributed by atoms with van der Waals surface area (Å²) in [5.41, 5.74) is 5.94. The minimum Gasteiger partial charge on any atom is -0.297 e. The molecule has 0 N–H and O–H groups in total. The monoisotopic (exact) mass is 465 g/mol. The third-order valence-electron chi connectivity index (χ3n) is 6.82. The summed E-state index contributed by atoms with van der Waals surface area (Å²) in [7, 11) is 0. The molecule has 0 bridgehead atoms. The van der Waals surface area contributed by atoms with Crippen LogP contribution in [0.15, 0.2) is 127 Å². The van der Waals surface area contributed by atoms with E-state index >= 15 is 0 Å². The van der Waals surface area contributed by atoms with E-state index in [2.05, 4.69) is 34.9 Å². The molecule has 0 atom stereocenters. The molecule has 170 valence electrons. The first-order valence-corrected chi connectivity index (χ1v) is 11.9. The number of para-hydroxylation sites is 2. The lowest BCUT2D eigenvalue weighted by atomic mass is 9.86. The number of nitrogens with zero attached hydrogens (tertiary/aromatic N) is 2. The van der Waals surface area contributed by atoms with E-state index in [-0.39, 0.29) is 29.7 Å². The van der Waals surface area contributed by atoms with Crippen molar-refractivity contribution in [3.05, 3.63) is 133 Å². The van der Waals surface area contributed by atoms with Crippen molar-refractivity contribution in [1.29, 1.82) is 0 Å². The molecule has 7 aromatic rings. The van der Waals surface area contributed by atoms with Crippen molar-refractivity contribution < 1.29 is 6.85 Å². The minimum atomic E-state index is -0.394. The highest BCUT2D eigenvalue weighted by Crippen LogP contribution is 2.43. The third kappa shape index (κ3) is 3.15. The number of aryl methyl sites for hydroxylation is 1. The normalized spacial score (nSPS) is 13.4. The summed E-state index contributed by atoms with van der Waals surface area (Å²) < 4.78 is 44.3. The standard InChI is InChI=1S/C34H24N2/c1-23-35-31-17-9-10-18-32(31)36(23)26-21-19-25(20-22-26)34-29-15-7-5-13-27(29)33(24-11-3-2-4-12-24)28-14-6-8-16-30(28)34/h2-22H,1H3/i2D,3D,4D,11D,12D. The Bertz CT molecular complexity index is 2080. The van der Waals surface area contributed by atoms with E-state index in [1.807, 2.05) is 73.7 Å². The summed E-state index contributed by atoms with van der Waals surface area (Å²) in [6.07, 6.45) is 0. The molecule has 36 heavy (non-hydrogen) atoms. The molecule has 0 radical (unpaired) electrons. The molecule has 0 aliphatic heterocycles. The van der Waals surface area contributed by atoms with E-state index in [1.54, 1.807) is 0 Å². The summed E-state index contributed by atoms with van der Waals surface area (Å²) in [5, 5.41) is 3.57. The van der Waals surface area contributed by atoms with Crippen LogP contribution in [0.5, 0.6) is 0 Å². The van der Waals surface area contributed by atoms with E-state index in [0.717, 1.165) is 55.2 Å². The molecule has 0 aliphatic rings. The summed E-state index contributed by atoms with van der Waals surface area (Å²) in [6, 6.07) is 30.9. The van der Waals surface area contributed by atoms with Crippen molar-refractivity contribution in [3.63, 3.8) is 0 Å². The highest BCUT2D eigenvalue weighted by atomic mass is 15.1. The van der Waals surface area contributed by atoms with E-state index in [0.29, 0.717) is 5.56 Å². The van der Waals surface area contributed by atoms with Crippen LogP contribution in [0.1, 0.15) is 12.7 Å². The second-order valence-electron chi connectivity index (χ2n) is 8.87. The van der Waals surface area contributed by atoms with Crippen LogP contribution in [0, 0.1) is 6.92 Å². The maximum absolute atomic E-state index is 8.73. The van der Waals surface area contributed by atoms with Gasteiger partial charge in [0.05, 0.1) is 17.9 Å². The Kier molecular flexibility index (Phi) is 3.67. The summed E-state index contributed by atoms with van der Waals surface area (Å²) >= 11 is 0. The van der Waals surface area contributed by atoms with E-state index < -0.39 is 6.04 Å². The first-order chi connectivity index (χ1) is 19.9. The van der Waals surface area contributed by atoms with Gasteiger partial charge in [-0.2, -0.15) is 0 Å².